The van der Waals surface area contributed by atoms with Gasteiger partial charge in [-0.1, -0.05) is 23.7 Å². The molecule has 0 aliphatic rings. The summed E-state index contributed by atoms with van der Waals surface area (Å²) in [5, 5.41) is 0.712. The highest BCUT2D eigenvalue weighted by molar-refractivity contribution is 6.30. The topological polar surface area (TPSA) is 38.5 Å². The molecule has 20 heavy (non-hydrogen) atoms. The van der Waals surface area contributed by atoms with Gasteiger partial charge in [-0.3, -0.25) is 4.90 Å². The largest absolute Gasteiger partial charge is 0.497 e. The maximum Gasteiger partial charge on any atom is 0.119 e. The van der Waals surface area contributed by atoms with Crippen molar-refractivity contribution in [3.8, 4) is 5.75 Å². The van der Waals surface area contributed by atoms with Gasteiger partial charge in [0.25, 0.3) is 0 Å². The van der Waals surface area contributed by atoms with Crippen molar-refractivity contribution in [2.24, 2.45) is 0 Å². The lowest BCUT2D eigenvalue weighted by Gasteiger charge is -2.18. The van der Waals surface area contributed by atoms with Crippen molar-refractivity contribution in [2.45, 2.75) is 13.1 Å². The molecular weight excluding hydrogens is 272 g/mol. The van der Waals surface area contributed by atoms with Gasteiger partial charge in [-0.2, -0.15) is 0 Å². The quantitative estimate of drug-likeness (QED) is 0.856. The van der Waals surface area contributed by atoms with Crippen LogP contribution in [0.2, 0.25) is 5.02 Å². The summed E-state index contributed by atoms with van der Waals surface area (Å²) >= 11 is 6.01. The summed E-state index contributed by atoms with van der Waals surface area (Å²) in [6, 6.07) is 13.6. The Labute approximate surface area is 124 Å². The molecular formula is C16H19ClN2O. The molecule has 0 fully saturated rings. The Morgan fingerprint density at radius 2 is 1.95 bits per heavy atom. The SMILES string of the molecule is COc1cccc(CN(C)Cc2cc(Cl)ccc2N)c1. The molecule has 3 nitrogen and oxygen atoms in total. The van der Waals surface area contributed by atoms with E-state index in [0.29, 0.717) is 5.02 Å². The Morgan fingerprint density at radius 1 is 1.15 bits per heavy atom. The van der Waals surface area contributed by atoms with E-state index in [4.69, 9.17) is 22.1 Å². The van der Waals surface area contributed by atoms with Crippen LogP contribution in [-0.4, -0.2) is 19.1 Å². The van der Waals surface area contributed by atoms with E-state index in [-0.39, 0.29) is 0 Å². The summed E-state index contributed by atoms with van der Waals surface area (Å²) in [6.45, 7) is 1.58. The van der Waals surface area contributed by atoms with Crippen LogP contribution in [0, 0.1) is 0 Å². The van der Waals surface area contributed by atoms with Gasteiger partial charge in [0, 0.05) is 23.8 Å². The molecule has 2 rings (SSSR count). The molecule has 0 atom stereocenters. The Morgan fingerprint density at radius 3 is 2.70 bits per heavy atom. The normalized spacial score (nSPS) is 10.8. The fourth-order valence-electron chi connectivity index (χ4n) is 2.14. The number of ether oxygens (including phenoxy) is 1. The van der Waals surface area contributed by atoms with Gasteiger partial charge >= 0.3 is 0 Å². The van der Waals surface area contributed by atoms with Gasteiger partial charge in [0.15, 0.2) is 0 Å². The Balaban J connectivity index is 2.04. The zero-order valence-corrected chi connectivity index (χ0v) is 12.5. The number of nitrogens with zero attached hydrogens (tertiary/aromatic N) is 1. The molecule has 0 heterocycles. The molecule has 0 unspecified atom stereocenters. The second-order valence-corrected chi connectivity index (χ2v) is 5.30. The Kier molecular flexibility index (Phi) is 4.88. The fraction of sp³-hybridized carbons (Fsp3) is 0.250. The average Bonchev–Trinajstić information content (AvgIpc) is 2.43. The van der Waals surface area contributed by atoms with Crippen molar-refractivity contribution in [2.75, 3.05) is 19.9 Å². The number of methoxy groups -OCH3 is 1. The standard InChI is InChI=1S/C16H19ClN2O/c1-19(10-12-4-3-5-15(8-12)20-2)11-13-9-14(17)6-7-16(13)18/h3-9H,10-11,18H2,1-2H3. The molecule has 0 saturated heterocycles. The van der Waals surface area contributed by atoms with Gasteiger partial charge in [-0.15, -0.1) is 0 Å². The number of rotatable bonds is 5. The van der Waals surface area contributed by atoms with Crippen LogP contribution in [0.25, 0.3) is 0 Å². The minimum atomic E-state index is 0.712. The maximum absolute atomic E-state index is 6.01. The van der Waals surface area contributed by atoms with Gasteiger partial charge in [-0.05, 0) is 48.5 Å². The predicted octanol–water partition coefficient (Wildman–Crippen LogP) is 3.56. The van der Waals surface area contributed by atoms with E-state index in [1.807, 2.05) is 36.4 Å². The fourth-order valence-corrected chi connectivity index (χ4v) is 2.34. The van der Waals surface area contributed by atoms with E-state index in [1.54, 1.807) is 7.11 Å². The lowest BCUT2D eigenvalue weighted by atomic mass is 10.1. The molecule has 0 aliphatic heterocycles. The Hall–Kier alpha value is -1.71. The van der Waals surface area contributed by atoms with E-state index in [0.717, 1.165) is 30.1 Å². The number of anilines is 1. The first kappa shape index (κ1) is 14.7. The van der Waals surface area contributed by atoms with E-state index in [9.17, 15) is 0 Å². The van der Waals surface area contributed by atoms with Crippen LogP contribution in [0.5, 0.6) is 5.75 Å². The number of hydrogen-bond donors (Lipinski definition) is 1. The number of benzene rings is 2. The highest BCUT2D eigenvalue weighted by atomic mass is 35.5. The Bertz CT molecular complexity index is 586. The molecule has 4 heteroatoms. The van der Waals surface area contributed by atoms with Crippen LogP contribution in [0.1, 0.15) is 11.1 Å². The second-order valence-electron chi connectivity index (χ2n) is 4.87. The van der Waals surface area contributed by atoms with Gasteiger partial charge in [0.2, 0.25) is 0 Å². The molecule has 2 N–H and O–H groups in total. The number of nitrogens with two attached hydrogens (primary N) is 1. The van der Waals surface area contributed by atoms with Crippen molar-refractivity contribution in [3.05, 3.63) is 58.6 Å². The molecule has 0 spiro atoms. The minimum Gasteiger partial charge on any atom is -0.497 e. The third-order valence-corrected chi connectivity index (χ3v) is 3.37. The van der Waals surface area contributed by atoms with Crippen molar-refractivity contribution < 1.29 is 4.74 Å². The molecule has 0 radical (unpaired) electrons. The molecule has 106 valence electrons. The molecule has 2 aromatic carbocycles. The summed E-state index contributed by atoms with van der Waals surface area (Å²) in [5.41, 5.74) is 8.99. The average molecular weight is 291 g/mol. The van der Waals surface area contributed by atoms with Crippen molar-refractivity contribution in [1.29, 1.82) is 0 Å². The third-order valence-electron chi connectivity index (χ3n) is 3.13. The minimum absolute atomic E-state index is 0.712. The van der Waals surface area contributed by atoms with E-state index in [1.165, 1.54) is 5.56 Å². The molecule has 0 aliphatic carbocycles. The first-order chi connectivity index (χ1) is 9.58. The van der Waals surface area contributed by atoms with Crippen LogP contribution in [0.15, 0.2) is 42.5 Å². The van der Waals surface area contributed by atoms with Gasteiger partial charge in [0.1, 0.15) is 5.75 Å². The van der Waals surface area contributed by atoms with Crippen molar-refractivity contribution in [3.63, 3.8) is 0 Å². The molecule has 2 aromatic rings. The number of halogens is 1. The van der Waals surface area contributed by atoms with Crippen LogP contribution < -0.4 is 10.5 Å². The molecule has 0 amide bonds. The number of hydrogen-bond acceptors (Lipinski definition) is 3. The van der Waals surface area contributed by atoms with Crippen molar-refractivity contribution >= 4 is 17.3 Å². The zero-order valence-electron chi connectivity index (χ0n) is 11.8. The summed E-state index contributed by atoms with van der Waals surface area (Å²) < 4.78 is 5.23. The second kappa shape index (κ2) is 6.64. The summed E-state index contributed by atoms with van der Waals surface area (Å²) in [4.78, 5) is 2.19. The van der Waals surface area contributed by atoms with Gasteiger partial charge in [0.05, 0.1) is 7.11 Å². The lowest BCUT2D eigenvalue weighted by Crippen LogP contribution is -2.18. The van der Waals surface area contributed by atoms with Crippen LogP contribution in [-0.2, 0) is 13.1 Å². The van der Waals surface area contributed by atoms with E-state index < -0.39 is 0 Å². The van der Waals surface area contributed by atoms with E-state index in [2.05, 4.69) is 18.0 Å². The summed E-state index contributed by atoms with van der Waals surface area (Å²) in [7, 11) is 3.73. The summed E-state index contributed by atoms with van der Waals surface area (Å²) in [5.74, 6) is 0.873. The lowest BCUT2D eigenvalue weighted by molar-refractivity contribution is 0.318. The summed E-state index contributed by atoms with van der Waals surface area (Å²) in [6.07, 6.45) is 0. The maximum atomic E-state index is 6.01. The van der Waals surface area contributed by atoms with Gasteiger partial charge < -0.3 is 10.5 Å². The predicted molar refractivity (Wildman–Crippen MR) is 84.0 cm³/mol. The first-order valence-corrected chi connectivity index (χ1v) is 6.81. The highest BCUT2D eigenvalue weighted by Crippen LogP contribution is 2.20. The van der Waals surface area contributed by atoms with Crippen LogP contribution in [0.4, 0.5) is 5.69 Å². The molecule has 0 aromatic heterocycles. The molecule has 0 saturated carbocycles. The highest BCUT2D eigenvalue weighted by Gasteiger charge is 2.06. The zero-order chi connectivity index (χ0) is 14.5. The molecule has 0 bridgehead atoms. The third kappa shape index (κ3) is 3.89. The van der Waals surface area contributed by atoms with Crippen LogP contribution >= 0.6 is 11.6 Å². The van der Waals surface area contributed by atoms with E-state index >= 15 is 0 Å². The first-order valence-electron chi connectivity index (χ1n) is 6.44. The smallest absolute Gasteiger partial charge is 0.119 e. The van der Waals surface area contributed by atoms with Crippen LogP contribution in [0.3, 0.4) is 0 Å². The monoisotopic (exact) mass is 290 g/mol. The van der Waals surface area contributed by atoms with Gasteiger partial charge in [-0.25, -0.2) is 0 Å². The van der Waals surface area contributed by atoms with Crippen molar-refractivity contribution in [1.82, 2.24) is 4.90 Å². The number of nitrogen functional groups attached to an aromatic ring is 1.